The molecule has 0 unspecified atom stereocenters. The Balaban J connectivity index is 1.52. The van der Waals surface area contributed by atoms with E-state index in [1.165, 1.54) is 16.7 Å². The summed E-state index contributed by atoms with van der Waals surface area (Å²) in [6, 6.07) is -0.240. The van der Waals surface area contributed by atoms with E-state index in [1.807, 2.05) is 25.8 Å². The number of carboxylic acids is 1. The molecule has 0 aromatic heterocycles. The number of hydrogen-bond acceptors (Lipinski definition) is 6. The van der Waals surface area contributed by atoms with Gasteiger partial charge in [0.1, 0.15) is 5.70 Å². The summed E-state index contributed by atoms with van der Waals surface area (Å²) in [4.78, 5) is 42.7. The summed E-state index contributed by atoms with van der Waals surface area (Å²) in [5.74, 6) is -2.10. The number of amides is 3. The third-order valence-electron chi connectivity index (χ3n) is 6.54. The largest absolute Gasteiger partial charge is 0.477 e. The minimum Gasteiger partial charge on any atom is -0.477 e. The number of fused-ring (bicyclic) bond motifs is 1. The van der Waals surface area contributed by atoms with Crippen molar-refractivity contribution in [2.24, 2.45) is 11.8 Å². The summed E-state index contributed by atoms with van der Waals surface area (Å²) in [5.41, 5.74) is 0.0630. The molecule has 9 nitrogen and oxygen atoms in total. The van der Waals surface area contributed by atoms with Crippen molar-refractivity contribution >= 4 is 29.7 Å². The second kappa shape index (κ2) is 7.17. The molecule has 3 N–H and O–H groups in total. The molecule has 7 atom stereocenters. The number of carbonyl (C=O) groups is 3. The van der Waals surface area contributed by atoms with E-state index in [0.29, 0.717) is 11.4 Å². The van der Waals surface area contributed by atoms with Crippen molar-refractivity contribution in [3.8, 4) is 0 Å². The zero-order chi connectivity index (χ0) is 21.2. The average Bonchev–Trinajstić information content (AvgIpc) is 3.21. The zero-order valence-corrected chi connectivity index (χ0v) is 17.8. The summed E-state index contributed by atoms with van der Waals surface area (Å²) >= 11 is 1.51. The Kier molecular flexibility index (Phi) is 5.07. The van der Waals surface area contributed by atoms with E-state index in [9.17, 15) is 24.6 Å². The van der Waals surface area contributed by atoms with Crippen LogP contribution in [-0.4, -0.2) is 92.6 Å². The Bertz CT molecular complexity index is 787. The summed E-state index contributed by atoms with van der Waals surface area (Å²) < 4.78 is 0. The average molecular weight is 425 g/mol. The van der Waals surface area contributed by atoms with Crippen LogP contribution in [0.15, 0.2) is 10.6 Å². The molecule has 10 heteroatoms. The van der Waals surface area contributed by atoms with Gasteiger partial charge in [0.05, 0.1) is 24.2 Å². The van der Waals surface area contributed by atoms with Gasteiger partial charge in [-0.15, -0.1) is 11.8 Å². The lowest BCUT2D eigenvalue weighted by atomic mass is 9.79. The van der Waals surface area contributed by atoms with Gasteiger partial charge in [0.2, 0.25) is 5.91 Å². The number of nitrogens with zero attached hydrogens (tertiary/aromatic N) is 3. The van der Waals surface area contributed by atoms with E-state index in [2.05, 4.69) is 10.2 Å². The number of aliphatic carboxylic acids is 1. The lowest BCUT2D eigenvalue weighted by Crippen LogP contribution is -2.63. The van der Waals surface area contributed by atoms with Crippen molar-refractivity contribution in [2.45, 2.75) is 56.8 Å². The molecule has 3 amide bonds. The smallest absolute Gasteiger partial charge is 0.353 e. The van der Waals surface area contributed by atoms with Gasteiger partial charge in [-0.25, -0.2) is 9.59 Å². The van der Waals surface area contributed by atoms with Crippen LogP contribution in [0.2, 0.25) is 0 Å². The summed E-state index contributed by atoms with van der Waals surface area (Å²) in [6.45, 7) is 6.88. The number of rotatable bonds is 5. The molecule has 160 valence electrons. The SMILES string of the molecule is C[C@@H]1CN([C@H]2C[C@H](SC3=C(C(=O)O)N4C(=O)[C@H]([C@@H](C)O)[C@H]4[C@H]3C)CN2C)C(=O)N1. The topological polar surface area (TPSA) is 113 Å². The number of hydrogen-bond donors (Lipinski definition) is 3. The number of aliphatic hydroxyl groups excluding tert-OH is 1. The van der Waals surface area contributed by atoms with E-state index in [4.69, 9.17) is 0 Å². The quantitative estimate of drug-likeness (QED) is 0.545. The maximum atomic E-state index is 12.5. The number of thioether (sulfide) groups is 1. The summed E-state index contributed by atoms with van der Waals surface area (Å²) in [5, 5.41) is 22.8. The molecular weight excluding hydrogens is 396 g/mol. The first kappa shape index (κ1) is 20.5. The first-order valence-corrected chi connectivity index (χ1v) is 10.9. The molecule has 29 heavy (non-hydrogen) atoms. The zero-order valence-electron chi connectivity index (χ0n) is 17.0. The molecule has 4 aliphatic rings. The van der Waals surface area contributed by atoms with Crippen molar-refractivity contribution in [2.75, 3.05) is 20.1 Å². The van der Waals surface area contributed by atoms with Crippen molar-refractivity contribution in [1.29, 1.82) is 0 Å². The molecule has 0 saturated carbocycles. The van der Waals surface area contributed by atoms with Gasteiger partial charge in [-0.05, 0) is 27.3 Å². The highest BCUT2D eigenvalue weighted by Crippen LogP contribution is 2.52. The number of β-lactam (4-membered cyclic amide) rings is 1. The fourth-order valence-corrected chi connectivity index (χ4v) is 6.80. The van der Waals surface area contributed by atoms with Gasteiger partial charge in [0.15, 0.2) is 0 Å². The van der Waals surface area contributed by atoms with Crippen LogP contribution in [0.5, 0.6) is 0 Å². The van der Waals surface area contributed by atoms with Crippen molar-refractivity contribution in [3.05, 3.63) is 10.6 Å². The van der Waals surface area contributed by atoms with Crippen LogP contribution >= 0.6 is 11.8 Å². The second-order valence-corrected chi connectivity index (χ2v) is 10.0. The number of carboxylic acid groups (broad SMARTS) is 1. The molecule has 4 aliphatic heterocycles. The van der Waals surface area contributed by atoms with Gasteiger partial charge >= 0.3 is 12.0 Å². The van der Waals surface area contributed by atoms with Crippen molar-refractivity contribution in [1.82, 2.24) is 20.0 Å². The molecule has 4 heterocycles. The summed E-state index contributed by atoms with van der Waals surface area (Å²) in [6.07, 6.45) is -0.0850. The first-order chi connectivity index (χ1) is 13.6. The molecular formula is C19H28N4O5S. The predicted octanol–water partition coefficient (Wildman–Crippen LogP) is 0.317. The standard InChI is InChI=1S/C19H28N4O5S/c1-8-6-22(19(28)20-8)12-5-11(7-21(12)4)29-16-9(2)14-13(10(3)24)17(25)23(14)15(16)18(26)27/h8-14,24H,5-7H2,1-4H3,(H,20,28)(H,26,27)/t8-,9-,10-,11+,12+,13-,14-/m1/s1. The van der Waals surface area contributed by atoms with Gasteiger partial charge in [-0.1, -0.05) is 6.92 Å². The molecule has 3 saturated heterocycles. The normalized spacial score (nSPS) is 38.4. The number of aliphatic hydroxyl groups is 1. The van der Waals surface area contributed by atoms with E-state index >= 15 is 0 Å². The van der Waals surface area contributed by atoms with Gasteiger partial charge < -0.3 is 25.3 Å². The molecule has 0 bridgehead atoms. The molecule has 0 radical (unpaired) electrons. The minimum atomic E-state index is -1.10. The van der Waals surface area contributed by atoms with Crippen molar-refractivity contribution in [3.63, 3.8) is 0 Å². The van der Waals surface area contributed by atoms with Gasteiger partial charge in [0, 0.05) is 35.2 Å². The first-order valence-electron chi connectivity index (χ1n) is 10.0. The van der Waals surface area contributed by atoms with E-state index in [-0.39, 0.29) is 47.1 Å². The second-order valence-electron chi connectivity index (χ2n) is 8.67. The molecule has 4 rings (SSSR count). The Hall–Kier alpha value is -1.78. The van der Waals surface area contributed by atoms with E-state index in [0.717, 1.165) is 13.0 Å². The van der Waals surface area contributed by atoms with Gasteiger partial charge in [-0.2, -0.15) is 0 Å². The number of nitrogens with one attached hydrogen (secondary N) is 1. The van der Waals surface area contributed by atoms with Crippen LogP contribution < -0.4 is 5.32 Å². The van der Waals surface area contributed by atoms with Crippen LogP contribution in [0, 0.1) is 11.8 Å². The number of urea groups is 1. The maximum Gasteiger partial charge on any atom is 0.353 e. The van der Waals surface area contributed by atoms with Crippen LogP contribution in [0.4, 0.5) is 4.79 Å². The Morgan fingerprint density at radius 1 is 1.28 bits per heavy atom. The molecule has 0 aliphatic carbocycles. The van der Waals surface area contributed by atoms with Crippen LogP contribution in [0.1, 0.15) is 27.2 Å². The Labute approximate surface area is 174 Å². The number of likely N-dealkylation sites (tertiary alicyclic amines) is 1. The lowest BCUT2D eigenvalue weighted by Gasteiger charge is -2.46. The highest BCUT2D eigenvalue weighted by molar-refractivity contribution is 8.03. The monoisotopic (exact) mass is 424 g/mol. The van der Waals surface area contributed by atoms with Crippen LogP contribution in [0.25, 0.3) is 0 Å². The third kappa shape index (κ3) is 3.12. The molecule has 0 spiro atoms. The predicted molar refractivity (Wildman–Crippen MR) is 107 cm³/mol. The number of carbonyl (C=O) groups excluding carboxylic acids is 2. The van der Waals surface area contributed by atoms with E-state index in [1.54, 1.807) is 6.92 Å². The van der Waals surface area contributed by atoms with E-state index < -0.39 is 18.0 Å². The Morgan fingerprint density at radius 2 is 1.97 bits per heavy atom. The summed E-state index contributed by atoms with van der Waals surface area (Å²) in [7, 11) is 1.98. The fourth-order valence-electron chi connectivity index (χ4n) is 5.22. The van der Waals surface area contributed by atoms with Gasteiger partial charge in [-0.3, -0.25) is 9.69 Å². The highest BCUT2D eigenvalue weighted by Gasteiger charge is 2.60. The molecule has 3 fully saturated rings. The highest BCUT2D eigenvalue weighted by atomic mass is 32.2. The Morgan fingerprint density at radius 3 is 2.52 bits per heavy atom. The minimum absolute atomic E-state index is 0.0214. The van der Waals surface area contributed by atoms with Crippen LogP contribution in [0.3, 0.4) is 0 Å². The third-order valence-corrected chi connectivity index (χ3v) is 8.03. The maximum absolute atomic E-state index is 12.5. The van der Waals surface area contributed by atoms with Gasteiger partial charge in [0.25, 0.3) is 0 Å². The molecule has 0 aromatic rings. The fraction of sp³-hybridized carbons (Fsp3) is 0.737. The van der Waals surface area contributed by atoms with Crippen molar-refractivity contribution < 1.29 is 24.6 Å². The molecule has 0 aromatic carbocycles. The van der Waals surface area contributed by atoms with Crippen LogP contribution in [-0.2, 0) is 9.59 Å². The lowest BCUT2D eigenvalue weighted by molar-refractivity contribution is -0.163.